The van der Waals surface area contributed by atoms with E-state index in [2.05, 4.69) is 78.1 Å². The predicted octanol–water partition coefficient (Wildman–Crippen LogP) is -4.39. The first-order valence-corrected chi connectivity index (χ1v) is 27.1. The molecule has 28 nitrogen and oxygen atoms in total. The number of nitrogens with two attached hydrogens (primary N) is 3. The summed E-state index contributed by atoms with van der Waals surface area (Å²) in [5.41, 5.74) is 18.3. The van der Waals surface area contributed by atoms with Crippen LogP contribution in [0.2, 0.25) is 0 Å². The van der Waals surface area contributed by atoms with Crippen LogP contribution in [0.15, 0.2) is 30.5 Å². The number of aliphatic hydroxyl groups is 2. The normalized spacial score (nSPS) is 15.1. The minimum atomic E-state index is -1.84. The Bertz CT molecular complexity index is 2500. The molecule has 80 heavy (non-hydrogen) atoms. The number of hydrogen-bond donors (Lipinski definition) is 18. The summed E-state index contributed by atoms with van der Waals surface area (Å²) in [6, 6.07) is -7.68. The number of aromatic nitrogens is 1. The number of para-hydroxylation sites is 1. The number of thiol groups is 2. The van der Waals surface area contributed by atoms with Gasteiger partial charge in [-0.05, 0) is 55.1 Å². The maximum Gasteiger partial charge on any atom is 0.326 e. The van der Waals surface area contributed by atoms with Crippen molar-refractivity contribution < 1.29 is 72.9 Å². The summed E-state index contributed by atoms with van der Waals surface area (Å²) >= 11 is 8.33. The highest BCUT2D eigenvalue weighted by molar-refractivity contribution is 7.80. The molecule has 11 amide bonds. The van der Waals surface area contributed by atoms with Crippen LogP contribution in [-0.2, 0) is 64.0 Å². The number of carboxylic acid groups (broad SMARTS) is 1. The Hall–Kier alpha value is -7.02. The van der Waals surface area contributed by atoms with Crippen molar-refractivity contribution in [1.82, 2.24) is 52.8 Å². The maximum absolute atomic E-state index is 14.1. The number of nitrogens with one attached hydrogen (secondary N) is 10. The number of benzene rings is 1. The Balaban J connectivity index is 2.27. The van der Waals surface area contributed by atoms with Crippen molar-refractivity contribution in [3.63, 3.8) is 0 Å². The number of primary amides is 2. The summed E-state index contributed by atoms with van der Waals surface area (Å²) in [4.78, 5) is 161. The lowest BCUT2D eigenvalue weighted by Crippen LogP contribution is -2.62. The van der Waals surface area contributed by atoms with E-state index < -0.39 is 181 Å². The molecule has 0 spiro atoms. The Morgan fingerprint density at radius 1 is 0.512 bits per heavy atom. The van der Waals surface area contributed by atoms with Gasteiger partial charge in [-0.2, -0.15) is 25.3 Å². The zero-order valence-corrected chi connectivity index (χ0v) is 47.3. The lowest BCUT2D eigenvalue weighted by Gasteiger charge is -2.28. The number of rotatable bonds is 36. The lowest BCUT2D eigenvalue weighted by atomic mass is 10.0. The van der Waals surface area contributed by atoms with Crippen LogP contribution in [0.25, 0.3) is 10.9 Å². The SMILES string of the molecule is CC(C)C[C@H](NC(=O)[C@H](CO)NC(=O)[C@@H](NC(=O)[C@H](CCC(N)=O)NC(=O)[C@H](CO)NC(=O)[C@H](CS)NC(=O)[C@H](CS)NC(=O)[C@H](CCC(N)=O)NC(=O)[C@H](Cc1c[nH]c2ccccc12)NC(=O)[C@@H](N)CC(C)C)C(C)C)C(=O)O. The van der Waals surface area contributed by atoms with Gasteiger partial charge in [-0.3, -0.25) is 52.7 Å². The van der Waals surface area contributed by atoms with Gasteiger partial charge in [0.15, 0.2) is 0 Å². The fourth-order valence-electron chi connectivity index (χ4n) is 7.89. The second-order valence-electron chi connectivity index (χ2n) is 20.2. The van der Waals surface area contributed by atoms with Crippen LogP contribution < -0.4 is 65.1 Å². The number of carbonyl (C=O) groups excluding carboxylic acids is 11. The molecule has 0 aliphatic heterocycles. The van der Waals surface area contributed by atoms with E-state index in [1.54, 1.807) is 32.2 Å². The average molecular weight is 1170 g/mol. The smallest absolute Gasteiger partial charge is 0.326 e. The molecule has 0 bridgehead atoms. The molecule has 1 aromatic carbocycles. The third kappa shape index (κ3) is 23.0. The molecular formula is C50H79N13O15S2. The van der Waals surface area contributed by atoms with Crippen LogP contribution in [0, 0.1) is 17.8 Å². The molecule has 0 saturated carbocycles. The number of fused-ring (bicyclic) bond motifs is 1. The van der Waals surface area contributed by atoms with Crippen LogP contribution in [0.4, 0.5) is 0 Å². The van der Waals surface area contributed by atoms with Crippen LogP contribution in [-0.4, -0.2) is 176 Å². The molecule has 0 radical (unpaired) electrons. The fourth-order valence-corrected chi connectivity index (χ4v) is 8.40. The molecule has 0 saturated heterocycles. The molecule has 2 rings (SSSR count). The quantitative estimate of drug-likeness (QED) is 0.0287. The van der Waals surface area contributed by atoms with Crippen molar-refractivity contribution in [2.24, 2.45) is 35.0 Å². The Morgan fingerprint density at radius 2 is 0.900 bits per heavy atom. The standard InChI is InChI=1S/C50H79N13O15S2/c1-23(2)15-28(51)41(68)57-32(17-26-18-54-29-10-8-7-9-27(26)29)44(71)55-30(11-13-38(52)66)42(69)61-37(22-80)48(75)62-36(21-79)47(74)59-34(19-64)45(72)56-31(12-14-39(53)67)43(70)63-40(25(5)6)49(76)60-35(20-65)46(73)58-33(50(77)78)16-24(3)4/h7-10,18,23-25,28,30-37,40,54,64-65,79-80H,11-17,19-22,51H2,1-6H3,(H2,52,66)(H2,53,67)(H,55,71)(H,56,72)(H,57,68)(H,58,73)(H,59,74)(H,60,76)(H,61,69)(H,62,75)(H,63,70)(H,77,78)/t28-,30-,31-,32-,33-,34-,35-,36-,37-,40-/m0/s1. The van der Waals surface area contributed by atoms with Gasteiger partial charge in [0.2, 0.25) is 65.0 Å². The maximum atomic E-state index is 14.1. The monoisotopic (exact) mass is 1170 g/mol. The van der Waals surface area contributed by atoms with Crippen molar-refractivity contribution in [1.29, 1.82) is 0 Å². The van der Waals surface area contributed by atoms with Gasteiger partial charge in [-0.1, -0.05) is 59.7 Å². The summed E-state index contributed by atoms with van der Waals surface area (Å²) in [5.74, 6) is -13.7. The molecular weight excluding hydrogens is 1090 g/mol. The second kappa shape index (κ2) is 34.2. The highest BCUT2D eigenvalue weighted by Gasteiger charge is 2.36. The summed E-state index contributed by atoms with van der Waals surface area (Å²) in [6.07, 6.45) is 0.204. The van der Waals surface area contributed by atoms with E-state index >= 15 is 0 Å². The van der Waals surface area contributed by atoms with Crippen molar-refractivity contribution >= 4 is 107 Å². The number of aliphatic carboxylic acids is 1. The molecule has 1 heterocycles. The van der Waals surface area contributed by atoms with Gasteiger partial charge in [0.1, 0.15) is 54.4 Å². The number of carboxylic acids is 1. The number of aromatic amines is 1. The van der Waals surface area contributed by atoms with Crippen LogP contribution in [0.1, 0.15) is 85.6 Å². The van der Waals surface area contributed by atoms with Gasteiger partial charge < -0.3 is 85.4 Å². The van der Waals surface area contributed by atoms with E-state index in [4.69, 9.17) is 17.2 Å². The summed E-state index contributed by atoms with van der Waals surface area (Å²) in [6.45, 7) is 8.12. The molecule has 446 valence electrons. The van der Waals surface area contributed by atoms with Crippen molar-refractivity contribution in [2.45, 2.75) is 147 Å². The molecule has 0 fully saturated rings. The average Bonchev–Trinajstić information content (AvgIpc) is 3.80. The van der Waals surface area contributed by atoms with Gasteiger partial charge in [-0.25, -0.2) is 4.79 Å². The zero-order chi connectivity index (χ0) is 60.6. The molecule has 0 unspecified atom stereocenters. The van der Waals surface area contributed by atoms with E-state index in [0.29, 0.717) is 12.0 Å². The number of H-pyrrole nitrogens is 1. The Morgan fingerprint density at radius 3 is 1.34 bits per heavy atom. The second-order valence-corrected chi connectivity index (χ2v) is 21.0. The molecule has 30 heteroatoms. The summed E-state index contributed by atoms with van der Waals surface area (Å²) in [7, 11) is 0. The first kappa shape index (κ1) is 69.1. The van der Waals surface area contributed by atoms with Crippen LogP contribution >= 0.6 is 25.3 Å². The third-order valence-corrected chi connectivity index (χ3v) is 13.0. The van der Waals surface area contributed by atoms with Crippen molar-refractivity contribution in [3.05, 3.63) is 36.0 Å². The Kier molecular flexibility index (Phi) is 29.5. The van der Waals surface area contributed by atoms with E-state index in [1.807, 2.05) is 26.0 Å². The van der Waals surface area contributed by atoms with Gasteiger partial charge in [0, 0.05) is 47.9 Å². The van der Waals surface area contributed by atoms with Gasteiger partial charge in [0.25, 0.3) is 0 Å². The van der Waals surface area contributed by atoms with Crippen molar-refractivity contribution in [3.8, 4) is 0 Å². The molecule has 0 aliphatic carbocycles. The minimum Gasteiger partial charge on any atom is -0.480 e. The van der Waals surface area contributed by atoms with E-state index in [9.17, 15) is 72.9 Å². The van der Waals surface area contributed by atoms with Gasteiger partial charge >= 0.3 is 5.97 Å². The molecule has 10 atom stereocenters. The molecule has 1 aromatic heterocycles. The molecule has 2 aromatic rings. The van der Waals surface area contributed by atoms with E-state index in [-0.39, 0.29) is 31.1 Å². The minimum absolute atomic E-state index is 0.0339. The van der Waals surface area contributed by atoms with Crippen molar-refractivity contribution in [2.75, 3.05) is 24.7 Å². The molecule has 19 N–H and O–H groups in total. The number of carbonyl (C=O) groups is 12. The predicted molar refractivity (Wildman–Crippen MR) is 297 cm³/mol. The van der Waals surface area contributed by atoms with Crippen LogP contribution in [0.3, 0.4) is 0 Å². The van der Waals surface area contributed by atoms with E-state index in [1.165, 1.54) is 13.8 Å². The highest BCUT2D eigenvalue weighted by atomic mass is 32.1. The summed E-state index contributed by atoms with van der Waals surface area (Å²) < 4.78 is 0. The zero-order valence-electron chi connectivity index (χ0n) is 45.5. The lowest BCUT2D eigenvalue weighted by molar-refractivity contribution is -0.143. The van der Waals surface area contributed by atoms with Crippen LogP contribution in [0.5, 0.6) is 0 Å². The first-order valence-electron chi connectivity index (χ1n) is 25.8. The largest absolute Gasteiger partial charge is 0.480 e. The topological polar surface area (TPSA) is 468 Å². The number of amides is 11. The number of aliphatic hydroxyl groups excluding tert-OH is 2. The van der Waals surface area contributed by atoms with Gasteiger partial charge in [0.05, 0.1) is 19.3 Å². The Labute approximate surface area is 473 Å². The third-order valence-electron chi connectivity index (χ3n) is 12.2. The first-order chi connectivity index (χ1) is 37.6. The highest BCUT2D eigenvalue weighted by Crippen LogP contribution is 2.20. The summed E-state index contributed by atoms with van der Waals surface area (Å²) in [5, 5.41) is 51.9. The molecule has 0 aliphatic rings. The fraction of sp³-hybridized carbons (Fsp3) is 0.600. The van der Waals surface area contributed by atoms with E-state index in [0.717, 1.165) is 10.9 Å². The number of hydrogen-bond acceptors (Lipinski definition) is 17. The van der Waals surface area contributed by atoms with Gasteiger partial charge in [-0.15, -0.1) is 0 Å².